The first-order valence-corrected chi connectivity index (χ1v) is 6.00. The molecule has 2 heterocycles. The Morgan fingerprint density at radius 1 is 1.05 bits per heavy atom. The first-order valence-electron chi connectivity index (χ1n) is 6.00. The Kier molecular flexibility index (Phi) is 9.28. The van der Waals surface area contributed by atoms with Gasteiger partial charge in [0.1, 0.15) is 6.21 Å². The molecule has 0 amide bonds. The SMILES string of the molecule is Cc1cccc[n+]1COC[n+]1ccccc1/C=N/O.[Cl-].[Cl-]. The smallest absolute Gasteiger partial charge is 0.258 e. The molecule has 2 aromatic heterocycles. The molecule has 2 rings (SSSR count). The van der Waals surface area contributed by atoms with E-state index in [-0.39, 0.29) is 24.8 Å². The van der Waals surface area contributed by atoms with Gasteiger partial charge >= 0.3 is 0 Å². The van der Waals surface area contributed by atoms with E-state index in [1.54, 1.807) is 0 Å². The maximum Gasteiger partial charge on any atom is 0.258 e. The third kappa shape index (κ3) is 5.67. The second kappa shape index (κ2) is 10.1. The van der Waals surface area contributed by atoms with Crippen LogP contribution in [0.1, 0.15) is 11.4 Å². The normalized spacial score (nSPS) is 9.95. The second-order valence-electron chi connectivity index (χ2n) is 4.11. The number of oxime groups is 1. The number of nitrogens with zero attached hydrogens (tertiary/aromatic N) is 3. The summed E-state index contributed by atoms with van der Waals surface area (Å²) in [5.41, 5.74) is 1.91. The summed E-state index contributed by atoms with van der Waals surface area (Å²) in [5, 5.41) is 11.6. The van der Waals surface area contributed by atoms with Crippen LogP contribution in [0, 0.1) is 6.92 Å². The van der Waals surface area contributed by atoms with Crippen molar-refractivity contribution in [2.45, 2.75) is 20.4 Å². The van der Waals surface area contributed by atoms with Gasteiger partial charge in [0, 0.05) is 31.2 Å². The lowest BCUT2D eigenvalue weighted by Crippen LogP contribution is -3.00. The highest BCUT2D eigenvalue weighted by Gasteiger charge is 2.09. The van der Waals surface area contributed by atoms with Crippen LogP contribution in [0.5, 0.6) is 0 Å². The molecule has 0 unspecified atom stereocenters. The highest BCUT2D eigenvalue weighted by molar-refractivity contribution is 5.74. The van der Waals surface area contributed by atoms with Crippen molar-refractivity contribution in [3.05, 3.63) is 60.2 Å². The van der Waals surface area contributed by atoms with Crippen LogP contribution >= 0.6 is 0 Å². The molecule has 0 aromatic carbocycles. The summed E-state index contributed by atoms with van der Waals surface area (Å²) in [6.45, 7) is 2.90. The number of aryl methyl sites for hydroxylation is 1. The van der Waals surface area contributed by atoms with Gasteiger partial charge in [0.15, 0.2) is 18.1 Å². The molecule has 0 spiro atoms. The number of pyridine rings is 2. The molecular formula is C14H17Cl2N3O2. The van der Waals surface area contributed by atoms with Gasteiger partial charge in [0.25, 0.3) is 13.5 Å². The van der Waals surface area contributed by atoms with E-state index < -0.39 is 0 Å². The van der Waals surface area contributed by atoms with Gasteiger partial charge in [0.05, 0.1) is 0 Å². The minimum Gasteiger partial charge on any atom is -1.00 e. The molecule has 0 radical (unpaired) electrons. The van der Waals surface area contributed by atoms with E-state index in [2.05, 4.69) is 5.16 Å². The number of halogens is 2. The van der Waals surface area contributed by atoms with Crippen LogP contribution < -0.4 is 33.9 Å². The Bertz CT molecular complexity index is 580. The molecule has 2 aromatic rings. The molecule has 0 saturated carbocycles. The third-order valence-electron chi connectivity index (χ3n) is 2.79. The number of aromatic nitrogens is 2. The monoisotopic (exact) mass is 329 g/mol. The molecule has 0 saturated heterocycles. The predicted octanol–water partition coefficient (Wildman–Crippen LogP) is -4.98. The Balaban J connectivity index is 0.00000200. The summed E-state index contributed by atoms with van der Waals surface area (Å²) in [5.74, 6) is 0. The van der Waals surface area contributed by atoms with Crippen molar-refractivity contribution in [3.63, 3.8) is 0 Å². The molecule has 1 N–H and O–H groups in total. The van der Waals surface area contributed by atoms with Gasteiger partial charge in [-0.25, -0.2) is 0 Å². The summed E-state index contributed by atoms with van der Waals surface area (Å²) >= 11 is 0. The van der Waals surface area contributed by atoms with Crippen molar-refractivity contribution < 1.29 is 43.9 Å². The lowest BCUT2D eigenvalue weighted by atomic mass is 10.3. The van der Waals surface area contributed by atoms with Crippen LogP contribution in [0.15, 0.2) is 53.9 Å². The van der Waals surface area contributed by atoms with Crippen LogP contribution in [0.4, 0.5) is 0 Å². The summed E-state index contributed by atoms with van der Waals surface area (Å²) in [6, 6.07) is 11.6. The van der Waals surface area contributed by atoms with E-state index in [1.165, 1.54) is 6.21 Å². The highest BCUT2D eigenvalue weighted by atomic mass is 35.5. The average Bonchev–Trinajstić information content (AvgIpc) is 2.43. The molecule has 0 bridgehead atoms. The molecule has 0 fully saturated rings. The molecule has 114 valence electrons. The van der Waals surface area contributed by atoms with Crippen molar-refractivity contribution in [2.24, 2.45) is 5.16 Å². The number of hydrogen-bond acceptors (Lipinski definition) is 3. The van der Waals surface area contributed by atoms with Crippen molar-refractivity contribution in [2.75, 3.05) is 0 Å². The Labute approximate surface area is 136 Å². The zero-order valence-electron chi connectivity index (χ0n) is 11.6. The lowest BCUT2D eigenvalue weighted by molar-refractivity contribution is -0.791. The maximum atomic E-state index is 8.60. The van der Waals surface area contributed by atoms with Gasteiger partial charge in [-0.05, 0) is 6.07 Å². The third-order valence-corrected chi connectivity index (χ3v) is 2.79. The van der Waals surface area contributed by atoms with E-state index in [9.17, 15) is 0 Å². The van der Waals surface area contributed by atoms with Crippen molar-refractivity contribution in [1.29, 1.82) is 0 Å². The average molecular weight is 330 g/mol. The van der Waals surface area contributed by atoms with Gasteiger partial charge < -0.3 is 30.0 Å². The van der Waals surface area contributed by atoms with E-state index in [0.29, 0.717) is 13.5 Å². The van der Waals surface area contributed by atoms with Crippen molar-refractivity contribution in [1.82, 2.24) is 0 Å². The van der Waals surface area contributed by atoms with E-state index in [0.717, 1.165) is 11.4 Å². The lowest BCUT2D eigenvalue weighted by Gasteiger charge is -2.01. The molecule has 7 heteroatoms. The first-order chi connectivity index (χ1) is 9.31. The summed E-state index contributed by atoms with van der Waals surface area (Å²) < 4.78 is 9.53. The zero-order valence-corrected chi connectivity index (χ0v) is 13.1. The van der Waals surface area contributed by atoms with Gasteiger partial charge in [0.2, 0.25) is 5.69 Å². The minimum absolute atomic E-state index is 0. The van der Waals surface area contributed by atoms with Crippen LogP contribution in [0.25, 0.3) is 0 Å². The summed E-state index contributed by atoms with van der Waals surface area (Å²) in [6.07, 6.45) is 5.23. The van der Waals surface area contributed by atoms with E-state index >= 15 is 0 Å². The summed E-state index contributed by atoms with van der Waals surface area (Å²) in [4.78, 5) is 0. The first kappa shape index (κ1) is 19.3. The largest absolute Gasteiger partial charge is 1.00 e. The zero-order chi connectivity index (χ0) is 13.5. The standard InChI is InChI=1S/C14H16N3O2.2ClH/c1-13-6-2-4-8-16(13)11-19-12-17-9-5-3-7-14(17)10-15-18;;/h2-10H,11-12H2,1H3;2*1H/q+1;;/p-1. The molecule has 5 nitrogen and oxygen atoms in total. The molecular weight excluding hydrogens is 313 g/mol. The van der Waals surface area contributed by atoms with Crippen molar-refractivity contribution in [3.8, 4) is 0 Å². The fourth-order valence-electron chi connectivity index (χ4n) is 1.73. The Morgan fingerprint density at radius 3 is 2.33 bits per heavy atom. The fraction of sp³-hybridized carbons (Fsp3) is 0.214. The number of hydrogen-bond donors (Lipinski definition) is 1. The van der Waals surface area contributed by atoms with Gasteiger partial charge in [-0.2, -0.15) is 9.13 Å². The van der Waals surface area contributed by atoms with Gasteiger partial charge in [-0.3, -0.25) is 4.74 Å². The van der Waals surface area contributed by atoms with Gasteiger partial charge in [-0.1, -0.05) is 11.2 Å². The predicted molar refractivity (Wildman–Crippen MR) is 68.5 cm³/mol. The van der Waals surface area contributed by atoms with E-state index in [4.69, 9.17) is 9.94 Å². The summed E-state index contributed by atoms with van der Waals surface area (Å²) in [7, 11) is 0. The highest BCUT2D eigenvalue weighted by Crippen LogP contribution is 1.90. The number of ether oxygens (including phenoxy) is 1. The quantitative estimate of drug-likeness (QED) is 0.258. The van der Waals surface area contributed by atoms with Crippen LogP contribution in [-0.2, 0) is 18.2 Å². The van der Waals surface area contributed by atoms with Crippen molar-refractivity contribution >= 4 is 6.21 Å². The molecule has 0 atom stereocenters. The van der Waals surface area contributed by atoms with Crippen LogP contribution in [0.2, 0.25) is 0 Å². The molecule has 21 heavy (non-hydrogen) atoms. The second-order valence-corrected chi connectivity index (χ2v) is 4.11. The molecule has 0 aliphatic carbocycles. The number of rotatable bonds is 5. The fourth-order valence-corrected chi connectivity index (χ4v) is 1.73. The molecule has 0 aliphatic rings. The topological polar surface area (TPSA) is 49.6 Å². The Morgan fingerprint density at radius 2 is 1.67 bits per heavy atom. The minimum atomic E-state index is 0. The van der Waals surface area contributed by atoms with E-state index in [1.807, 2.05) is 64.8 Å². The van der Waals surface area contributed by atoms with Gasteiger partial charge in [-0.15, -0.1) is 0 Å². The Hall–Kier alpha value is -1.69. The molecule has 0 aliphatic heterocycles. The maximum absolute atomic E-state index is 8.60. The van der Waals surface area contributed by atoms with Crippen LogP contribution in [-0.4, -0.2) is 11.4 Å². The van der Waals surface area contributed by atoms with Crippen LogP contribution in [0.3, 0.4) is 0 Å².